The van der Waals surface area contributed by atoms with Crippen molar-refractivity contribution in [3.8, 4) is 5.75 Å². The van der Waals surface area contributed by atoms with Gasteiger partial charge in [-0.25, -0.2) is 0 Å². The summed E-state index contributed by atoms with van der Waals surface area (Å²) in [6.45, 7) is 4.47. The number of aliphatic hydroxyl groups excluding tert-OH is 1. The van der Waals surface area contributed by atoms with Crippen LogP contribution < -0.4 is 10.5 Å². The van der Waals surface area contributed by atoms with Gasteiger partial charge in [-0.2, -0.15) is 0 Å². The summed E-state index contributed by atoms with van der Waals surface area (Å²) in [5.41, 5.74) is 5.92. The molecular weight excluding hydrogens is 256 g/mol. The van der Waals surface area contributed by atoms with Crippen molar-refractivity contribution in [3.63, 3.8) is 0 Å². The van der Waals surface area contributed by atoms with Crippen molar-refractivity contribution in [3.05, 3.63) is 29.8 Å². The van der Waals surface area contributed by atoms with E-state index < -0.39 is 5.41 Å². The first-order chi connectivity index (χ1) is 9.46. The lowest BCUT2D eigenvalue weighted by molar-refractivity contribution is -0.141. The van der Waals surface area contributed by atoms with Crippen LogP contribution in [0.3, 0.4) is 0 Å². The highest BCUT2D eigenvalue weighted by Gasteiger charge is 2.30. The van der Waals surface area contributed by atoms with Crippen molar-refractivity contribution in [1.82, 2.24) is 4.90 Å². The fraction of sp³-hybridized carbons (Fsp3) is 0.533. The van der Waals surface area contributed by atoms with Crippen molar-refractivity contribution in [2.75, 3.05) is 26.8 Å². The second kappa shape index (κ2) is 7.26. The summed E-state index contributed by atoms with van der Waals surface area (Å²) < 4.78 is 5.29. The molecule has 1 amide bonds. The third kappa shape index (κ3) is 3.95. The molecule has 3 N–H and O–H groups in total. The quantitative estimate of drug-likeness (QED) is 0.781. The van der Waals surface area contributed by atoms with Gasteiger partial charge >= 0.3 is 0 Å². The summed E-state index contributed by atoms with van der Waals surface area (Å²) in [7, 11) is 1.60. The number of rotatable bonds is 7. The van der Waals surface area contributed by atoms with Gasteiger partial charge < -0.3 is 20.5 Å². The smallest absolute Gasteiger partial charge is 0.229 e. The number of benzene rings is 1. The van der Waals surface area contributed by atoms with Gasteiger partial charge in [-0.1, -0.05) is 18.2 Å². The van der Waals surface area contributed by atoms with Gasteiger partial charge in [-0.05, 0) is 19.9 Å². The molecule has 0 unspecified atom stereocenters. The molecule has 1 rings (SSSR count). The number of para-hydroxylation sites is 1. The molecule has 0 aliphatic rings. The second-order valence-electron chi connectivity index (χ2n) is 5.35. The molecule has 1 aromatic rings. The minimum atomic E-state index is -0.642. The first kappa shape index (κ1) is 16.5. The first-order valence-electron chi connectivity index (χ1n) is 6.68. The van der Waals surface area contributed by atoms with Crippen LogP contribution in [0.1, 0.15) is 19.4 Å². The Morgan fingerprint density at radius 2 is 2.05 bits per heavy atom. The Labute approximate surface area is 120 Å². The molecule has 20 heavy (non-hydrogen) atoms. The number of hydrogen-bond donors (Lipinski definition) is 2. The van der Waals surface area contributed by atoms with Gasteiger partial charge in [0.15, 0.2) is 0 Å². The molecule has 0 radical (unpaired) electrons. The number of nitrogens with two attached hydrogens (primary N) is 1. The molecule has 0 atom stereocenters. The Balaban J connectivity index is 2.95. The van der Waals surface area contributed by atoms with Gasteiger partial charge in [0.05, 0.1) is 19.1 Å². The van der Waals surface area contributed by atoms with Crippen LogP contribution in [0, 0.1) is 5.41 Å². The van der Waals surface area contributed by atoms with E-state index in [0.29, 0.717) is 6.54 Å². The standard InChI is InChI=1S/C15H24N2O3/c1-15(2,11-16)14(19)17(8-9-18)10-12-6-4-5-7-13(12)20-3/h4-7,18H,8-11,16H2,1-3H3. The van der Waals surface area contributed by atoms with Crippen LogP contribution in [-0.2, 0) is 11.3 Å². The van der Waals surface area contributed by atoms with Gasteiger partial charge in [0.2, 0.25) is 5.91 Å². The highest BCUT2D eigenvalue weighted by molar-refractivity contribution is 5.82. The fourth-order valence-corrected chi connectivity index (χ4v) is 1.93. The molecule has 5 heteroatoms. The predicted molar refractivity (Wildman–Crippen MR) is 78.3 cm³/mol. The van der Waals surface area contributed by atoms with E-state index in [1.807, 2.05) is 38.1 Å². The van der Waals surface area contributed by atoms with Crippen LogP contribution in [-0.4, -0.2) is 42.7 Å². The summed E-state index contributed by atoms with van der Waals surface area (Å²) in [5.74, 6) is 0.661. The molecular formula is C15H24N2O3. The lowest BCUT2D eigenvalue weighted by Gasteiger charge is -2.31. The van der Waals surface area contributed by atoms with Gasteiger partial charge in [-0.15, -0.1) is 0 Å². The van der Waals surface area contributed by atoms with Crippen molar-refractivity contribution in [2.45, 2.75) is 20.4 Å². The third-order valence-corrected chi connectivity index (χ3v) is 3.30. The maximum absolute atomic E-state index is 12.5. The zero-order valence-electron chi connectivity index (χ0n) is 12.4. The van der Waals surface area contributed by atoms with Crippen LogP contribution in [0.5, 0.6) is 5.75 Å². The first-order valence-corrected chi connectivity index (χ1v) is 6.68. The number of aliphatic hydroxyl groups is 1. The number of nitrogens with zero attached hydrogens (tertiary/aromatic N) is 1. The van der Waals surface area contributed by atoms with Crippen molar-refractivity contribution in [2.24, 2.45) is 11.1 Å². The van der Waals surface area contributed by atoms with E-state index in [0.717, 1.165) is 11.3 Å². The lowest BCUT2D eigenvalue weighted by atomic mass is 9.91. The fourth-order valence-electron chi connectivity index (χ4n) is 1.93. The number of carbonyl (C=O) groups excluding carboxylic acids is 1. The van der Waals surface area contributed by atoms with E-state index in [2.05, 4.69) is 0 Å². The van der Waals surface area contributed by atoms with Crippen molar-refractivity contribution in [1.29, 1.82) is 0 Å². The molecule has 0 saturated carbocycles. The summed E-state index contributed by atoms with van der Waals surface area (Å²) in [6, 6.07) is 7.54. The van der Waals surface area contributed by atoms with E-state index >= 15 is 0 Å². The highest BCUT2D eigenvalue weighted by atomic mass is 16.5. The Kier molecular flexibility index (Phi) is 5.98. The maximum Gasteiger partial charge on any atom is 0.229 e. The number of hydrogen-bond acceptors (Lipinski definition) is 4. The number of amides is 1. The van der Waals surface area contributed by atoms with E-state index in [1.165, 1.54) is 0 Å². The molecule has 0 spiro atoms. The average Bonchev–Trinajstić information content (AvgIpc) is 2.46. The van der Waals surface area contributed by atoms with Crippen LogP contribution in [0.25, 0.3) is 0 Å². The largest absolute Gasteiger partial charge is 0.496 e. The summed E-state index contributed by atoms with van der Waals surface area (Å²) >= 11 is 0. The summed E-state index contributed by atoms with van der Waals surface area (Å²) in [4.78, 5) is 14.1. The molecule has 0 heterocycles. The SMILES string of the molecule is COc1ccccc1CN(CCO)C(=O)C(C)(C)CN. The highest BCUT2D eigenvalue weighted by Crippen LogP contribution is 2.23. The Bertz CT molecular complexity index is 446. The monoisotopic (exact) mass is 280 g/mol. The van der Waals surface area contributed by atoms with Crippen LogP contribution in [0.2, 0.25) is 0 Å². The maximum atomic E-state index is 12.5. The zero-order valence-corrected chi connectivity index (χ0v) is 12.4. The molecule has 112 valence electrons. The lowest BCUT2D eigenvalue weighted by Crippen LogP contribution is -2.45. The molecule has 0 saturated heterocycles. The van der Waals surface area contributed by atoms with E-state index in [9.17, 15) is 9.90 Å². The van der Waals surface area contributed by atoms with E-state index in [1.54, 1.807) is 12.0 Å². The van der Waals surface area contributed by atoms with Gasteiger partial charge in [0, 0.05) is 25.2 Å². The van der Waals surface area contributed by atoms with E-state index in [4.69, 9.17) is 10.5 Å². The van der Waals surface area contributed by atoms with Crippen LogP contribution in [0.4, 0.5) is 0 Å². The second-order valence-corrected chi connectivity index (χ2v) is 5.35. The zero-order chi connectivity index (χ0) is 15.2. The van der Waals surface area contributed by atoms with Gasteiger partial charge in [0.1, 0.15) is 5.75 Å². The normalized spacial score (nSPS) is 11.2. The molecule has 0 aliphatic heterocycles. The number of ether oxygens (including phenoxy) is 1. The minimum Gasteiger partial charge on any atom is -0.496 e. The van der Waals surface area contributed by atoms with Crippen LogP contribution >= 0.6 is 0 Å². The van der Waals surface area contributed by atoms with Crippen molar-refractivity contribution < 1.29 is 14.6 Å². The summed E-state index contributed by atoms with van der Waals surface area (Å²) in [5, 5.41) is 9.17. The van der Waals surface area contributed by atoms with Crippen LogP contribution in [0.15, 0.2) is 24.3 Å². The average molecular weight is 280 g/mol. The Morgan fingerprint density at radius 1 is 1.40 bits per heavy atom. The Hall–Kier alpha value is -1.59. The number of methoxy groups -OCH3 is 1. The predicted octanol–water partition coefficient (Wildman–Crippen LogP) is 1.00. The summed E-state index contributed by atoms with van der Waals surface area (Å²) in [6.07, 6.45) is 0. The van der Waals surface area contributed by atoms with Gasteiger partial charge in [-0.3, -0.25) is 4.79 Å². The molecule has 5 nitrogen and oxygen atoms in total. The van der Waals surface area contributed by atoms with Crippen molar-refractivity contribution >= 4 is 5.91 Å². The molecule has 0 aliphatic carbocycles. The Morgan fingerprint density at radius 3 is 2.60 bits per heavy atom. The minimum absolute atomic E-state index is 0.0695. The molecule has 1 aromatic carbocycles. The molecule has 0 aromatic heterocycles. The molecule has 0 fully saturated rings. The van der Waals surface area contributed by atoms with E-state index in [-0.39, 0.29) is 25.6 Å². The topological polar surface area (TPSA) is 75.8 Å². The third-order valence-electron chi connectivity index (χ3n) is 3.30. The number of carbonyl (C=O) groups is 1. The van der Waals surface area contributed by atoms with Gasteiger partial charge in [0.25, 0.3) is 0 Å². The molecule has 0 bridgehead atoms.